The molecule has 0 saturated carbocycles. The van der Waals surface area contributed by atoms with Gasteiger partial charge in [0.1, 0.15) is 0 Å². The number of unbranched alkanes of at least 4 members (excludes halogenated alkanes) is 4. The molecule has 2 aromatic heterocycles. The molecule has 2 aliphatic rings. The van der Waals surface area contributed by atoms with Gasteiger partial charge in [0.2, 0.25) is 0 Å². The minimum atomic E-state index is 0.0295. The summed E-state index contributed by atoms with van der Waals surface area (Å²) in [6.07, 6.45) is 26.1. The highest BCUT2D eigenvalue weighted by molar-refractivity contribution is 7.19. The molecule has 3 aromatic carbocycles. The Morgan fingerprint density at radius 1 is 0.383 bits per heavy atom. The van der Waals surface area contributed by atoms with E-state index >= 15 is 0 Å². The van der Waals surface area contributed by atoms with Crippen LogP contribution in [-0.2, 0) is 10.8 Å². The van der Waals surface area contributed by atoms with Crippen molar-refractivity contribution >= 4 is 42.8 Å². The van der Waals surface area contributed by atoms with Crippen molar-refractivity contribution in [3.63, 3.8) is 0 Å². The molecule has 0 aliphatic heterocycles. The summed E-state index contributed by atoms with van der Waals surface area (Å²) in [4.78, 5) is 2.88. The second-order valence-electron chi connectivity index (χ2n) is 20.2. The Kier molecular flexibility index (Phi) is 15.2. The Morgan fingerprint density at radius 3 is 0.950 bits per heavy atom. The van der Waals surface area contributed by atoms with Gasteiger partial charge in [-0.3, -0.25) is 0 Å². The molecule has 4 unspecified atom stereocenters. The molecule has 2 heterocycles. The molecule has 2 aliphatic carbocycles. The number of rotatable bonds is 24. The first-order valence-electron chi connectivity index (χ1n) is 25.4. The molecule has 0 N–H and O–H groups in total. The van der Waals surface area contributed by atoms with Gasteiger partial charge in [0.25, 0.3) is 0 Å². The zero-order valence-electron chi connectivity index (χ0n) is 39.9. The second-order valence-corrected chi connectivity index (χ2v) is 22.8. The number of hydrogen-bond donors (Lipinski definition) is 0. The van der Waals surface area contributed by atoms with Gasteiger partial charge in [0.05, 0.1) is 0 Å². The zero-order valence-corrected chi connectivity index (χ0v) is 41.5. The minimum absolute atomic E-state index is 0.0295. The lowest BCUT2D eigenvalue weighted by molar-refractivity contribution is 0.264. The van der Waals surface area contributed by atoms with Crippen LogP contribution in [0.5, 0.6) is 0 Å². The van der Waals surface area contributed by atoms with E-state index in [0.29, 0.717) is 0 Å². The van der Waals surface area contributed by atoms with Crippen LogP contribution in [-0.4, -0.2) is 0 Å². The number of fused-ring (bicyclic) bond motifs is 8. The maximum atomic E-state index is 2.88. The quantitative estimate of drug-likeness (QED) is 0.0581. The fourth-order valence-corrected chi connectivity index (χ4v) is 14.5. The highest BCUT2D eigenvalue weighted by atomic mass is 32.1. The lowest BCUT2D eigenvalue weighted by Crippen LogP contribution is -2.32. The van der Waals surface area contributed by atoms with Crippen LogP contribution in [0.2, 0.25) is 0 Å². The predicted molar refractivity (Wildman–Crippen MR) is 271 cm³/mol. The summed E-state index contributed by atoms with van der Waals surface area (Å²) in [6, 6.07) is 21.6. The SMILES string of the molecule is CCCCC(CC)CC1(CC(CC)CCCC)c2cc3c(cc2-c2cc4sc(C)cc4cc21)C(CC(CC)CCCC)(CC(CC)CCCC)c1cc2cc(C)sc2cc1-3. The fourth-order valence-electron chi connectivity index (χ4n) is 12.6. The number of hydrogen-bond acceptors (Lipinski definition) is 2. The van der Waals surface area contributed by atoms with E-state index in [0.717, 1.165) is 23.7 Å². The largest absolute Gasteiger partial charge is 0.141 e. The molecular weight excluding hydrogens is 761 g/mol. The van der Waals surface area contributed by atoms with E-state index < -0.39 is 0 Å². The average Bonchev–Trinajstić information content (AvgIpc) is 3.95. The molecule has 0 radical (unpaired) electrons. The number of thiophene rings is 2. The molecule has 5 aromatic rings. The monoisotopic (exact) mass is 843 g/mol. The normalized spacial score (nSPS) is 20.0. The summed E-state index contributed by atoms with van der Waals surface area (Å²) in [5.74, 6) is 2.92. The molecule has 0 bridgehead atoms. The van der Waals surface area contributed by atoms with E-state index in [9.17, 15) is 0 Å². The van der Waals surface area contributed by atoms with Crippen molar-refractivity contribution in [2.45, 2.75) is 208 Å². The van der Waals surface area contributed by atoms with Crippen LogP contribution in [0, 0.1) is 37.5 Å². The summed E-state index contributed by atoms with van der Waals surface area (Å²) in [6.45, 7) is 24.2. The van der Waals surface area contributed by atoms with Gasteiger partial charge in [0.15, 0.2) is 0 Å². The van der Waals surface area contributed by atoms with Crippen molar-refractivity contribution in [2.75, 3.05) is 0 Å². The summed E-state index contributed by atoms with van der Waals surface area (Å²) in [5, 5.41) is 2.95. The van der Waals surface area contributed by atoms with E-state index in [1.807, 2.05) is 22.7 Å². The second kappa shape index (κ2) is 20.0. The Hall–Kier alpha value is -2.42. The van der Waals surface area contributed by atoms with Crippen molar-refractivity contribution in [1.29, 1.82) is 0 Å². The highest BCUT2D eigenvalue weighted by Gasteiger charge is 2.50. The lowest BCUT2D eigenvalue weighted by atomic mass is 9.63. The summed E-state index contributed by atoms with van der Waals surface area (Å²) in [5.41, 5.74) is 13.2. The van der Waals surface area contributed by atoms with Crippen LogP contribution in [0.1, 0.15) is 216 Å². The summed E-state index contributed by atoms with van der Waals surface area (Å²) in [7, 11) is 0. The van der Waals surface area contributed by atoms with E-state index in [1.54, 1.807) is 44.5 Å². The van der Waals surface area contributed by atoms with Crippen LogP contribution in [0.15, 0.2) is 48.5 Å². The first-order valence-corrected chi connectivity index (χ1v) is 27.0. The Morgan fingerprint density at radius 2 is 0.667 bits per heavy atom. The van der Waals surface area contributed by atoms with Gasteiger partial charge in [-0.15, -0.1) is 22.7 Å². The Balaban J connectivity index is 1.56. The van der Waals surface area contributed by atoms with Crippen molar-refractivity contribution in [2.24, 2.45) is 23.7 Å². The van der Waals surface area contributed by atoms with E-state index in [-0.39, 0.29) is 10.8 Å². The molecule has 0 saturated heterocycles. The van der Waals surface area contributed by atoms with Gasteiger partial charge in [-0.25, -0.2) is 0 Å². The van der Waals surface area contributed by atoms with Gasteiger partial charge >= 0.3 is 0 Å². The predicted octanol–water partition coefficient (Wildman–Crippen LogP) is 19.7. The fraction of sp³-hybridized carbons (Fsp3) is 0.621. The number of benzene rings is 3. The Labute approximate surface area is 375 Å². The standard InChI is InChI=1S/C58H82S2/c1-11-19-23-41(15-5)35-57(36-42(16-6)24-20-12-2)51-29-45-27-39(9)59-55(45)33-49(51)47-32-54-48(31-53(47)57)50-34-56-46(28-40(10)60-56)30-52(50)58(54,37-43(17-7)25-21-13-3)38-44(18-8)26-22-14-4/h27-34,41-44H,11-26,35-38H2,1-10H3. The maximum absolute atomic E-state index is 2.88. The third kappa shape index (κ3) is 8.75. The average molecular weight is 843 g/mol. The third-order valence-corrected chi connectivity index (χ3v) is 18.1. The number of aryl methyl sites for hydroxylation is 2. The highest BCUT2D eigenvalue weighted by Crippen LogP contribution is 2.63. The van der Waals surface area contributed by atoms with E-state index in [2.05, 4.69) is 118 Å². The van der Waals surface area contributed by atoms with Gasteiger partial charge in [-0.05, 0) is 167 Å². The van der Waals surface area contributed by atoms with E-state index in [1.165, 1.54) is 158 Å². The van der Waals surface area contributed by atoms with Crippen molar-refractivity contribution in [3.8, 4) is 22.3 Å². The third-order valence-electron chi connectivity index (χ3n) is 16.1. The molecule has 0 spiro atoms. The summed E-state index contributed by atoms with van der Waals surface area (Å²) >= 11 is 4.02. The topological polar surface area (TPSA) is 0 Å². The van der Waals surface area contributed by atoms with Crippen LogP contribution in [0.25, 0.3) is 42.4 Å². The molecular formula is C58H82S2. The first kappa shape index (κ1) is 45.6. The molecule has 2 heteroatoms. The van der Waals surface area contributed by atoms with Crippen molar-refractivity contribution < 1.29 is 0 Å². The van der Waals surface area contributed by atoms with Crippen molar-refractivity contribution in [3.05, 3.63) is 80.5 Å². The van der Waals surface area contributed by atoms with Crippen LogP contribution in [0.3, 0.4) is 0 Å². The van der Waals surface area contributed by atoms with Crippen LogP contribution in [0.4, 0.5) is 0 Å². The molecule has 7 rings (SSSR count). The van der Waals surface area contributed by atoms with Crippen LogP contribution < -0.4 is 0 Å². The van der Waals surface area contributed by atoms with Gasteiger partial charge in [-0.1, -0.05) is 158 Å². The molecule has 326 valence electrons. The lowest BCUT2D eigenvalue weighted by Gasteiger charge is -2.40. The smallest absolute Gasteiger partial charge is 0.0351 e. The van der Waals surface area contributed by atoms with E-state index in [4.69, 9.17) is 0 Å². The van der Waals surface area contributed by atoms with Gasteiger partial charge < -0.3 is 0 Å². The maximum Gasteiger partial charge on any atom is 0.0351 e. The zero-order chi connectivity index (χ0) is 42.6. The van der Waals surface area contributed by atoms with Gasteiger partial charge in [0, 0.05) is 30.0 Å². The Bertz CT molecular complexity index is 2000. The molecule has 0 fully saturated rings. The first-order chi connectivity index (χ1) is 29.1. The van der Waals surface area contributed by atoms with Crippen LogP contribution >= 0.6 is 22.7 Å². The molecule has 60 heavy (non-hydrogen) atoms. The minimum Gasteiger partial charge on any atom is -0.141 e. The molecule has 0 nitrogen and oxygen atoms in total. The molecule has 4 atom stereocenters. The molecule has 0 amide bonds. The van der Waals surface area contributed by atoms with Crippen molar-refractivity contribution in [1.82, 2.24) is 0 Å². The summed E-state index contributed by atoms with van der Waals surface area (Å²) < 4.78 is 2.96. The van der Waals surface area contributed by atoms with Gasteiger partial charge in [-0.2, -0.15) is 0 Å².